The third-order valence-electron chi connectivity index (χ3n) is 3.61. The number of aliphatic imine (C=N–C) groups is 1. The minimum Gasteiger partial charge on any atom is -0.462 e. The maximum atomic E-state index is 12.3. The van der Waals surface area contributed by atoms with E-state index in [0.29, 0.717) is 15.8 Å². The first-order chi connectivity index (χ1) is 11.1. The zero-order valence-electron chi connectivity index (χ0n) is 13.4. The minimum atomic E-state index is -0.0621. The summed E-state index contributed by atoms with van der Waals surface area (Å²) in [5, 5.41) is 0.675. The number of amides is 1. The molecule has 0 aliphatic carbocycles. The van der Waals surface area contributed by atoms with Crippen LogP contribution in [0.3, 0.4) is 0 Å². The Bertz CT molecular complexity index is 788. The molecule has 1 fully saturated rings. The van der Waals surface area contributed by atoms with Crippen molar-refractivity contribution in [1.29, 1.82) is 0 Å². The average Bonchev–Trinajstić information content (AvgIpc) is 3.07. The minimum absolute atomic E-state index is 0.0621. The Balaban J connectivity index is 1.85. The predicted molar refractivity (Wildman–Crippen MR) is 94.7 cm³/mol. The quantitative estimate of drug-likeness (QED) is 0.786. The third kappa shape index (κ3) is 3.40. The van der Waals surface area contributed by atoms with Crippen molar-refractivity contribution < 1.29 is 9.21 Å². The van der Waals surface area contributed by atoms with Gasteiger partial charge in [-0.3, -0.25) is 9.69 Å². The van der Waals surface area contributed by atoms with Gasteiger partial charge < -0.3 is 4.42 Å². The molecule has 1 amide bonds. The first kappa shape index (κ1) is 15.6. The highest BCUT2D eigenvalue weighted by Crippen LogP contribution is 2.33. The van der Waals surface area contributed by atoms with Gasteiger partial charge in [0.25, 0.3) is 5.91 Å². The fraction of sp³-hybridized carbons (Fsp3) is 0.222. The molecule has 0 radical (unpaired) electrons. The number of thioether (sulfide) groups is 1. The molecule has 5 heteroatoms. The van der Waals surface area contributed by atoms with Gasteiger partial charge in [0.05, 0.1) is 10.6 Å². The van der Waals surface area contributed by atoms with Gasteiger partial charge in [-0.2, -0.15) is 0 Å². The van der Waals surface area contributed by atoms with E-state index in [1.165, 1.54) is 17.3 Å². The molecule has 0 bridgehead atoms. The van der Waals surface area contributed by atoms with Gasteiger partial charge in [-0.25, -0.2) is 4.99 Å². The summed E-state index contributed by atoms with van der Waals surface area (Å²) < 4.78 is 5.51. The highest BCUT2D eigenvalue weighted by atomic mass is 32.2. The number of benzene rings is 1. The van der Waals surface area contributed by atoms with Gasteiger partial charge >= 0.3 is 0 Å². The van der Waals surface area contributed by atoms with E-state index >= 15 is 0 Å². The summed E-state index contributed by atoms with van der Waals surface area (Å²) in [5.41, 5.74) is 2.12. The molecule has 1 aromatic carbocycles. The standard InChI is InChI=1S/C18H18N2O2S/c1-4-13-6-8-14(9-7-13)19-18-20(3)17(21)16(23-18)11-15-10-5-12(2)22-15/h5-11H,4H2,1-3H3/b16-11+,19-18?. The van der Waals surface area contributed by atoms with Gasteiger partial charge in [-0.05, 0) is 54.9 Å². The highest BCUT2D eigenvalue weighted by molar-refractivity contribution is 8.18. The molecule has 23 heavy (non-hydrogen) atoms. The summed E-state index contributed by atoms with van der Waals surface area (Å²) in [7, 11) is 1.74. The second-order valence-electron chi connectivity index (χ2n) is 5.34. The molecular formula is C18H18N2O2S. The van der Waals surface area contributed by atoms with E-state index in [0.717, 1.165) is 17.9 Å². The van der Waals surface area contributed by atoms with Crippen LogP contribution in [-0.2, 0) is 11.2 Å². The Kier molecular flexibility index (Phi) is 4.39. The summed E-state index contributed by atoms with van der Waals surface area (Å²) in [4.78, 5) is 19.1. The summed E-state index contributed by atoms with van der Waals surface area (Å²) in [6.07, 6.45) is 2.76. The van der Waals surface area contributed by atoms with E-state index in [4.69, 9.17) is 4.42 Å². The number of nitrogens with zero attached hydrogens (tertiary/aromatic N) is 2. The second kappa shape index (κ2) is 6.46. The Morgan fingerprint density at radius 1 is 1.22 bits per heavy atom. The molecule has 118 valence electrons. The molecule has 1 aromatic heterocycles. The SMILES string of the molecule is CCc1ccc(N=C2S/C(=C/c3ccc(C)o3)C(=O)N2C)cc1. The van der Waals surface area contributed by atoms with Crippen molar-refractivity contribution in [2.75, 3.05) is 7.05 Å². The van der Waals surface area contributed by atoms with Gasteiger partial charge in [-0.15, -0.1) is 0 Å². The maximum Gasteiger partial charge on any atom is 0.266 e. The average molecular weight is 326 g/mol. The van der Waals surface area contributed by atoms with E-state index in [1.54, 1.807) is 18.0 Å². The molecule has 4 nitrogen and oxygen atoms in total. The molecule has 0 N–H and O–H groups in total. The molecule has 0 atom stereocenters. The summed E-state index contributed by atoms with van der Waals surface area (Å²) >= 11 is 1.36. The number of furan rings is 1. The van der Waals surface area contributed by atoms with E-state index in [2.05, 4.69) is 24.0 Å². The molecule has 2 aromatic rings. The largest absolute Gasteiger partial charge is 0.462 e. The van der Waals surface area contributed by atoms with Crippen LogP contribution in [-0.4, -0.2) is 23.0 Å². The monoisotopic (exact) mass is 326 g/mol. The van der Waals surface area contributed by atoms with Crippen molar-refractivity contribution in [3.05, 3.63) is 58.4 Å². The second-order valence-corrected chi connectivity index (χ2v) is 6.35. The Labute approximate surface area is 139 Å². The van der Waals surface area contributed by atoms with E-state index in [1.807, 2.05) is 31.2 Å². The molecule has 0 spiro atoms. The number of likely N-dealkylation sites (N-methyl/N-ethyl adjacent to an activating group) is 1. The van der Waals surface area contributed by atoms with Gasteiger partial charge in [0.15, 0.2) is 5.17 Å². The zero-order chi connectivity index (χ0) is 16.4. The molecule has 1 aliphatic rings. The van der Waals surface area contributed by atoms with Crippen molar-refractivity contribution in [1.82, 2.24) is 4.90 Å². The molecule has 0 saturated carbocycles. The van der Waals surface area contributed by atoms with Crippen LogP contribution in [0.25, 0.3) is 6.08 Å². The smallest absolute Gasteiger partial charge is 0.266 e. The van der Waals surface area contributed by atoms with Crippen molar-refractivity contribution in [2.24, 2.45) is 4.99 Å². The Morgan fingerprint density at radius 3 is 2.57 bits per heavy atom. The van der Waals surface area contributed by atoms with Crippen LogP contribution in [0.15, 0.2) is 50.7 Å². The number of carbonyl (C=O) groups excluding carboxylic acids is 1. The summed E-state index contributed by atoms with van der Waals surface area (Å²) in [6.45, 7) is 4.00. The number of hydrogen-bond acceptors (Lipinski definition) is 4. The van der Waals surface area contributed by atoms with Crippen LogP contribution in [0.1, 0.15) is 24.0 Å². The van der Waals surface area contributed by atoms with Crippen LogP contribution in [0, 0.1) is 6.92 Å². The Morgan fingerprint density at radius 2 is 1.96 bits per heavy atom. The molecule has 1 saturated heterocycles. The van der Waals surface area contributed by atoms with Crippen molar-refractivity contribution >= 4 is 34.6 Å². The maximum absolute atomic E-state index is 12.3. The number of carbonyl (C=O) groups is 1. The number of amidine groups is 1. The van der Waals surface area contributed by atoms with E-state index in [9.17, 15) is 4.79 Å². The normalized spacial score (nSPS) is 18.4. The molecule has 2 heterocycles. The van der Waals surface area contributed by atoms with Crippen LogP contribution in [0.4, 0.5) is 5.69 Å². The predicted octanol–water partition coefficient (Wildman–Crippen LogP) is 4.38. The lowest BCUT2D eigenvalue weighted by Gasteiger charge is -2.07. The first-order valence-electron chi connectivity index (χ1n) is 7.48. The van der Waals surface area contributed by atoms with Gasteiger partial charge in [0, 0.05) is 13.1 Å². The third-order valence-corrected chi connectivity index (χ3v) is 4.67. The van der Waals surface area contributed by atoms with Crippen LogP contribution in [0.2, 0.25) is 0 Å². The highest BCUT2D eigenvalue weighted by Gasteiger charge is 2.30. The van der Waals surface area contributed by atoms with Gasteiger partial charge in [0.2, 0.25) is 0 Å². The molecule has 1 aliphatic heterocycles. The first-order valence-corrected chi connectivity index (χ1v) is 8.30. The van der Waals surface area contributed by atoms with Crippen molar-refractivity contribution in [3.8, 4) is 0 Å². The lowest BCUT2D eigenvalue weighted by molar-refractivity contribution is -0.121. The number of aryl methyl sites for hydroxylation is 2. The lowest BCUT2D eigenvalue weighted by atomic mass is 10.2. The Hall–Kier alpha value is -2.27. The van der Waals surface area contributed by atoms with Crippen LogP contribution in [0.5, 0.6) is 0 Å². The molecule has 3 rings (SSSR count). The van der Waals surface area contributed by atoms with Crippen molar-refractivity contribution in [3.63, 3.8) is 0 Å². The summed E-state index contributed by atoms with van der Waals surface area (Å²) in [6, 6.07) is 11.8. The van der Waals surface area contributed by atoms with Crippen molar-refractivity contribution in [2.45, 2.75) is 20.3 Å². The fourth-order valence-electron chi connectivity index (χ4n) is 2.23. The topological polar surface area (TPSA) is 45.8 Å². The van der Waals surface area contributed by atoms with E-state index in [-0.39, 0.29) is 5.91 Å². The van der Waals surface area contributed by atoms with E-state index < -0.39 is 0 Å². The van der Waals surface area contributed by atoms with Gasteiger partial charge in [0.1, 0.15) is 11.5 Å². The summed E-state index contributed by atoms with van der Waals surface area (Å²) in [5.74, 6) is 1.44. The fourth-order valence-corrected chi connectivity index (χ4v) is 3.20. The molecular weight excluding hydrogens is 308 g/mol. The lowest BCUT2D eigenvalue weighted by Crippen LogP contribution is -2.23. The number of hydrogen-bond donors (Lipinski definition) is 0. The van der Waals surface area contributed by atoms with Crippen LogP contribution >= 0.6 is 11.8 Å². The zero-order valence-corrected chi connectivity index (χ0v) is 14.2. The molecule has 0 unspecified atom stereocenters. The van der Waals surface area contributed by atoms with Gasteiger partial charge in [-0.1, -0.05) is 19.1 Å². The van der Waals surface area contributed by atoms with Crippen LogP contribution < -0.4 is 0 Å². The number of rotatable bonds is 3.